The van der Waals surface area contributed by atoms with Crippen LogP contribution in [0, 0.1) is 10.1 Å². The normalized spacial score (nSPS) is 11.2. The van der Waals surface area contributed by atoms with Crippen molar-refractivity contribution in [2.24, 2.45) is 0 Å². The monoisotopic (exact) mass is 482 g/mol. The molecule has 12 nitrogen and oxygen atoms in total. The van der Waals surface area contributed by atoms with Gasteiger partial charge in [0.1, 0.15) is 5.75 Å². The Balaban J connectivity index is 1.79. The largest absolute Gasteiger partial charge is 0.481 e. The highest BCUT2D eigenvalue weighted by Crippen LogP contribution is 2.27. The van der Waals surface area contributed by atoms with Crippen LogP contribution in [0.4, 0.5) is 17.5 Å². The summed E-state index contributed by atoms with van der Waals surface area (Å²) >= 11 is 0. The van der Waals surface area contributed by atoms with Crippen LogP contribution in [0.15, 0.2) is 59.5 Å². The second-order valence-corrected chi connectivity index (χ2v) is 8.91. The number of nitrogens with zero attached hydrogens (tertiary/aromatic N) is 5. The number of nitro groups is 1. The number of ether oxygens (including phenoxy) is 2. The summed E-state index contributed by atoms with van der Waals surface area (Å²) < 4.78 is 36.6. The standard InChI is InChI=1S/C21H18N6O6S/c1-32-18-11-19(33-2)25-21(24-18)26-20-17(22-15-8-3-4-9-16(15)23-20)12-34(30,31)14-7-5-6-13(10-14)27(28)29/h3-11H,12H2,1-2H3,(H,23,24,25,26). The minimum atomic E-state index is -4.02. The zero-order chi connectivity index (χ0) is 24.3. The fourth-order valence-corrected chi connectivity index (χ4v) is 4.38. The van der Waals surface area contributed by atoms with E-state index in [1.54, 1.807) is 24.3 Å². The molecule has 0 aliphatic heterocycles. The van der Waals surface area contributed by atoms with Gasteiger partial charge in [0.15, 0.2) is 15.7 Å². The van der Waals surface area contributed by atoms with Gasteiger partial charge in [-0.3, -0.25) is 10.1 Å². The average Bonchev–Trinajstić information content (AvgIpc) is 2.84. The van der Waals surface area contributed by atoms with Crippen molar-refractivity contribution in [2.75, 3.05) is 19.5 Å². The fourth-order valence-electron chi connectivity index (χ4n) is 3.07. The highest BCUT2D eigenvalue weighted by Gasteiger charge is 2.23. The number of sulfone groups is 1. The first-order valence-electron chi connectivity index (χ1n) is 9.76. The zero-order valence-electron chi connectivity index (χ0n) is 18.0. The van der Waals surface area contributed by atoms with Crippen molar-refractivity contribution >= 4 is 38.3 Å². The second-order valence-electron chi connectivity index (χ2n) is 6.92. The van der Waals surface area contributed by atoms with E-state index in [-0.39, 0.29) is 39.8 Å². The molecule has 174 valence electrons. The van der Waals surface area contributed by atoms with Gasteiger partial charge in [0.05, 0.1) is 46.8 Å². The van der Waals surface area contributed by atoms with Gasteiger partial charge >= 0.3 is 0 Å². The van der Waals surface area contributed by atoms with E-state index in [1.807, 2.05) is 0 Å². The topological polar surface area (TPSA) is 159 Å². The SMILES string of the molecule is COc1cc(OC)nc(Nc2nc3ccccc3nc2CS(=O)(=O)c2cccc([N+](=O)[O-])c2)n1. The predicted octanol–water partition coefficient (Wildman–Crippen LogP) is 3.06. The highest BCUT2D eigenvalue weighted by molar-refractivity contribution is 7.90. The van der Waals surface area contributed by atoms with Gasteiger partial charge in [-0.1, -0.05) is 18.2 Å². The summed E-state index contributed by atoms with van der Waals surface area (Å²) in [5.41, 5.74) is 0.731. The maximum atomic E-state index is 13.1. The van der Waals surface area contributed by atoms with Crippen LogP contribution in [-0.4, -0.2) is 47.5 Å². The molecular weight excluding hydrogens is 464 g/mol. The summed E-state index contributed by atoms with van der Waals surface area (Å²) in [4.78, 5) is 27.6. The van der Waals surface area contributed by atoms with Gasteiger partial charge < -0.3 is 14.8 Å². The summed E-state index contributed by atoms with van der Waals surface area (Å²) in [7, 11) is -1.16. The van der Waals surface area contributed by atoms with Crippen molar-refractivity contribution in [3.05, 3.63) is 70.4 Å². The van der Waals surface area contributed by atoms with E-state index in [0.29, 0.717) is 11.0 Å². The van der Waals surface area contributed by atoms with Gasteiger partial charge in [-0.2, -0.15) is 9.97 Å². The molecule has 0 saturated heterocycles. The maximum absolute atomic E-state index is 13.1. The number of anilines is 2. The first kappa shape index (κ1) is 22.8. The molecule has 4 aromatic rings. The molecule has 0 atom stereocenters. The molecule has 0 spiro atoms. The van der Waals surface area contributed by atoms with E-state index < -0.39 is 20.5 Å². The number of fused-ring (bicyclic) bond motifs is 1. The number of aromatic nitrogens is 4. The van der Waals surface area contributed by atoms with Gasteiger partial charge in [0.2, 0.25) is 17.7 Å². The summed E-state index contributed by atoms with van der Waals surface area (Å²) in [5.74, 6) is 0.00985. The fraction of sp³-hybridized carbons (Fsp3) is 0.143. The first-order valence-corrected chi connectivity index (χ1v) is 11.4. The number of nitro benzene ring substituents is 1. The molecule has 0 saturated carbocycles. The van der Waals surface area contributed by atoms with E-state index in [9.17, 15) is 18.5 Å². The third kappa shape index (κ3) is 4.83. The van der Waals surface area contributed by atoms with Gasteiger partial charge in [0, 0.05) is 12.1 Å². The number of nitrogens with one attached hydrogen (secondary N) is 1. The molecule has 2 heterocycles. The molecular formula is C21H18N6O6S. The van der Waals surface area contributed by atoms with E-state index in [2.05, 4.69) is 25.3 Å². The molecule has 1 N–H and O–H groups in total. The van der Waals surface area contributed by atoms with E-state index in [4.69, 9.17) is 9.47 Å². The smallest absolute Gasteiger partial charge is 0.270 e. The molecule has 0 unspecified atom stereocenters. The molecule has 0 bridgehead atoms. The quantitative estimate of drug-likeness (QED) is 0.290. The first-order chi connectivity index (χ1) is 16.3. The Morgan fingerprint density at radius 2 is 1.56 bits per heavy atom. The van der Waals surface area contributed by atoms with Crippen molar-refractivity contribution in [3.63, 3.8) is 0 Å². The molecule has 0 aliphatic carbocycles. The molecule has 0 amide bonds. The minimum absolute atomic E-state index is 0.0507. The van der Waals surface area contributed by atoms with Crippen LogP contribution in [0.25, 0.3) is 11.0 Å². The Bertz CT molecular complexity index is 1470. The van der Waals surface area contributed by atoms with Crippen molar-refractivity contribution in [1.82, 2.24) is 19.9 Å². The van der Waals surface area contributed by atoms with Gasteiger partial charge in [-0.25, -0.2) is 18.4 Å². The van der Waals surface area contributed by atoms with Crippen LogP contribution >= 0.6 is 0 Å². The average molecular weight is 482 g/mol. The lowest BCUT2D eigenvalue weighted by Crippen LogP contribution is -2.12. The number of hydrogen-bond donors (Lipinski definition) is 1. The summed E-state index contributed by atoms with van der Waals surface area (Å²) in [6.45, 7) is 0. The van der Waals surface area contributed by atoms with Gasteiger partial charge in [0.25, 0.3) is 5.69 Å². The van der Waals surface area contributed by atoms with E-state index in [1.165, 1.54) is 38.5 Å². The molecule has 0 aliphatic rings. The summed E-state index contributed by atoms with van der Waals surface area (Å²) in [6, 6.07) is 13.2. The number of para-hydroxylation sites is 2. The van der Waals surface area contributed by atoms with E-state index >= 15 is 0 Å². The van der Waals surface area contributed by atoms with Crippen LogP contribution in [0.3, 0.4) is 0 Å². The van der Waals surface area contributed by atoms with Crippen LogP contribution in [0.2, 0.25) is 0 Å². The lowest BCUT2D eigenvalue weighted by atomic mass is 10.3. The molecule has 2 aromatic heterocycles. The number of hydrogen-bond acceptors (Lipinski definition) is 11. The van der Waals surface area contributed by atoms with Crippen molar-refractivity contribution in [3.8, 4) is 11.8 Å². The van der Waals surface area contributed by atoms with E-state index in [0.717, 1.165) is 6.07 Å². The van der Waals surface area contributed by atoms with Crippen LogP contribution in [0.1, 0.15) is 5.69 Å². The maximum Gasteiger partial charge on any atom is 0.270 e. The second kappa shape index (κ2) is 9.23. The van der Waals surface area contributed by atoms with Crippen molar-refractivity contribution < 1.29 is 22.8 Å². The van der Waals surface area contributed by atoms with Gasteiger partial charge in [-0.05, 0) is 18.2 Å². The third-order valence-electron chi connectivity index (χ3n) is 4.68. The minimum Gasteiger partial charge on any atom is -0.481 e. The molecule has 2 aromatic carbocycles. The number of benzene rings is 2. The lowest BCUT2D eigenvalue weighted by Gasteiger charge is -2.12. The van der Waals surface area contributed by atoms with Gasteiger partial charge in [-0.15, -0.1) is 0 Å². The summed E-state index contributed by atoms with van der Waals surface area (Å²) in [5, 5.41) is 14.0. The Morgan fingerprint density at radius 3 is 2.18 bits per heavy atom. The van der Waals surface area contributed by atoms with Crippen LogP contribution in [0.5, 0.6) is 11.8 Å². The summed E-state index contributed by atoms with van der Waals surface area (Å²) in [6.07, 6.45) is 0. The predicted molar refractivity (Wildman–Crippen MR) is 122 cm³/mol. The Morgan fingerprint density at radius 1 is 0.912 bits per heavy atom. The number of methoxy groups -OCH3 is 2. The van der Waals surface area contributed by atoms with Crippen molar-refractivity contribution in [1.29, 1.82) is 0 Å². The molecule has 13 heteroatoms. The Hall–Kier alpha value is -4.39. The Kier molecular flexibility index (Phi) is 6.19. The molecule has 0 fully saturated rings. The molecule has 4 rings (SSSR count). The third-order valence-corrected chi connectivity index (χ3v) is 6.31. The highest BCUT2D eigenvalue weighted by atomic mass is 32.2. The molecule has 34 heavy (non-hydrogen) atoms. The molecule has 0 radical (unpaired) electrons. The number of rotatable bonds is 8. The van der Waals surface area contributed by atoms with Crippen LogP contribution < -0.4 is 14.8 Å². The Labute approximate surface area is 193 Å². The number of non-ortho nitro benzene ring substituents is 1. The van der Waals surface area contributed by atoms with Crippen LogP contribution in [-0.2, 0) is 15.6 Å². The zero-order valence-corrected chi connectivity index (χ0v) is 18.8. The lowest BCUT2D eigenvalue weighted by molar-refractivity contribution is -0.385. The van der Waals surface area contributed by atoms with Crippen molar-refractivity contribution in [2.45, 2.75) is 10.6 Å².